The van der Waals surface area contributed by atoms with Crippen molar-refractivity contribution >= 4 is 11.9 Å². The first-order valence-electron chi connectivity index (χ1n) is 3.82. The lowest BCUT2D eigenvalue weighted by atomic mass is 10.3. The molecule has 0 aliphatic heterocycles. The van der Waals surface area contributed by atoms with E-state index in [1.807, 2.05) is 6.07 Å². The second kappa shape index (κ2) is 4.13. The molecule has 74 valence electrons. The molecule has 0 saturated carbocycles. The molecular weight excluding hydrogens is 182 g/mol. The molecule has 0 aromatic heterocycles. The minimum atomic E-state index is -0.443. The Hall–Kier alpha value is -2.24. The summed E-state index contributed by atoms with van der Waals surface area (Å²) in [6, 6.07) is 8.66. The molecule has 0 saturated heterocycles. The van der Waals surface area contributed by atoms with Crippen LogP contribution in [0.4, 0.5) is 0 Å². The zero-order chi connectivity index (χ0) is 10.6. The van der Waals surface area contributed by atoms with Gasteiger partial charge in [0.25, 0.3) is 0 Å². The molecule has 6 nitrogen and oxygen atoms in total. The van der Waals surface area contributed by atoms with Crippen molar-refractivity contribution in [3.05, 3.63) is 30.3 Å². The van der Waals surface area contributed by atoms with Crippen molar-refractivity contribution in [3.8, 4) is 5.75 Å². The van der Waals surface area contributed by atoms with Crippen molar-refractivity contribution in [2.24, 2.45) is 11.5 Å². The number of nitrogens with one attached hydrogen (secondary N) is 2. The van der Waals surface area contributed by atoms with Gasteiger partial charge in [-0.05, 0) is 12.1 Å². The van der Waals surface area contributed by atoms with Gasteiger partial charge in [0.05, 0.1) is 0 Å². The molecule has 6 N–H and O–H groups in total. The van der Waals surface area contributed by atoms with E-state index in [4.69, 9.17) is 27.1 Å². The number of hydrogen-bond acceptors (Lipinski definition) is 3. The van der Waals surface area contributed by atoms with E-state index in [1.54, 1.807) is 24.3 Å². The van der Waals surface area contributed by atoms with E-state index >= 15 is 0 Å². The molecule has 1 rings (SSSR count). The van der Waals surface area contributed by atoms with Gasteiger partial charge >= 0.3 is 0 Å². The molecule has 14 heavy (non-hydrogen) atoms. The fourth-order valence-corrected chi connectivity index (χ4v) is 0.815. The summed E-state index contributed by atoms with van der Waals surface area (Å²) < 4.78 is 0. The summed E-state index contributed by atoms with van der Waals surface area (Å²) in [5.74, 6) is -0.430. The standard InChI is InChI=1S/C8H11N5O/c9-7(10)13(8(11)12)14-6-4-2-1-3-5-6/h1-5H,(H3,9,10)(H3,11,12). The Kier molecular flexibility index (Phi) is 2.90. The topological polar surface area (TPSA) is 112 Å². The van der Waals surface area contributed by atoms with Crippen LogP contribution in [0.3, 0.4) is 0 Å². The molecule has 1 aromatic carbocycles. The molecular formula is C8H11N5O. The van der Waals surface area contributed by atoms with Crippen LogP contribution in [0.15, 0.2) is 30.3 Å². The Labute approximate surface area is 81.0 Å². The molecule has 0 atom stereocenters. The van der Waals surface area contributed by atoms with Gasteiger partial charge < -0.3 is 16.3 Å². The molecule has 0 radical (unpaired) electrons. The summed E-state index contributed by atoms with van der Waals surface area (Å²) in [6.07, 6.45) is 0. The second-order valence-electron chi connectivity index (χ2n) is 2.47. The first-order valence-corrected chi connectivity index (χ1v) is 3.82. The second-order valence-corrected chi connectivity index (χ2v) is 2.47. The van der Waals surface area contributed by atoms with Gasteiger partial charge in [-0.3, -0.25) is 10.8 Å². The Morgan fingerprint density at radius 3 is 2.00 bits per heavy atom. The van der Waals surface area contributed by atoms with Gasteiger partial charge in [0.2, 0.25) is 11.9 Å². The smallest absolute Gasteiger partial charge is 0.231 e. The average Bonchev–Trinajstić information content (AvgIpc) is 2.15. The molecule has 0 aliphatic carbocycles. The third-order valence-corrected chi connectivity index (χ3v) is 1.38. The van der Waals surface area contributed by atoms with Crippen LogP contribution in [0.1, 0.15) is 0 Å². The average molecular weight is 193 g/mol. The van der Waals surface area contributed by atoms with Crippen LogP contribution in [0.5, 0.6) is 5.75 Å². The molecule has 0 bridgehead atoms. The molecule has 0 aliphatic rings. The van der Waals surface area contributed by atoms with Crippen molar-refractivity contribution in [1.29, 1.82) is 10.8 Å². The summed E-state index contributed by atoms with van der Waals surface area (Å²) in [7, 11) is 0. The van der Waals surface area contributed by atoms with Gasteiger partial charge in [-0.15, -0.1) is 5.06 Å². The Morgan fingerprint density at radius 2 is 1.57 bits per heavy atom. The third-order valence-electron chi connectivity index (χ3n) is 1.38. The molecule has 0 amide bonds. The van der Waals surface area contributed by atoms with Crippen LogP contribution in [-0.4, -0.2) is 17.0 Å². The van der Waals surface area contributed by atoms with E-state index in [-0.39, 0.29) is 0 Å². The van der Waals surface area contributed by atoms with Crippen LogP contribution in [0.25, 0.3) is 0 Å². The predicted octanol–water partition coefficient (Wildman–Crippen LogP) is 0.0693. The molecule has 0 heterocycles. The SMILES string of the molecule is N=C(N)N(Oc1ccccc1)C(=N)N. The van der Waals surface area contributed by atoms with E-state index in [2.05, 4.69) is 0 Å². The normalized spacial score (nSPS) is 9.14. The highest BCUT2D eigenvalue weighted by Gasteiger charge is 2.11. The van der Waals surface area contributed by atoms with Crippen LogP contribution in [0, 0.1) is 10.8 Å². The van der Waals surface area contributed by atoms with E-state index in [0.717, 1.165) is 5.06 Å². The minimum absolute atomic E-state index is 0.443. The van der Waals surface area contributed by atoms with Gasteiger partial charge in [0.15, 0.2) is 5.75 Å². The minimum Gasteiger partial charge on any atom is -0.369 e. The van der Waals surface area contributed by atoms with Crippen LogP contribution in [-0.2, 0) is 0 Å². The lowest BCUT2D eigenvalue weighted by molar-refractivity contribution is 0.0919. The third kappa shape index (κ3) is 2.37. The summed E-state index contributed by atoms with van der Waals surface area (Å²) >= 11 is 0. The van der Waals surface area contributed by atoms with Crippen LogP contribution < -0.4 is 16.3 Å². The first-order chi connectivity index (χ1) is 6.61. The number of nitrogens with zero attached hydrogens (tertiary/aromatic N) is 1. The Bertz CT molecular complexity index is 323. The fraction of sp³-hybridized carbons (Fsp3) is 0. The number of guanidine groups is 2. The number of para-hydroxylation sites is 1. The summed E-state index contributed by atoms with van der Waals surface area (Å²) in [4.78, 5) is 5.07. The van der Waals surface area contributed by atoms with Gasteiger partial charge in [0, 0.05) is 0 Å². The zero-order valence-corrected chi connectivity index (χ0v) is 7.40. The highest BCUT2D eigenvalue weighted by Crippen LogP contribution is 2.09. The van der Waals surface area contributed by atoms with Crippen molar-refractivity contribution in [3.63, 3.8) is 0 Å². The summed E-state index contributed by atoms with van der Waals surface area (Å²) in [5, 5.41) is 14.9. The van der Waals surface area contributed by atoms with Gasteiger partial charge in [0.1, 0.15) is 0 Å². The highest BCUT2D eigenvalue weighted by atomic mass is 16.7. The fourth-order valence-electron chi connectivity index (χ4n) is 0.815. The van der Waals surface area contributed by atoms with E-state index in [1.165, 1.54) is 0 Å². The van der Waals surface area contributed by atoms with Gasteiger partial charge in [-0.1, -0.05) is 18.2 Å². The van der Waals surface area contributed by atoms with E-state index < -0.39 is 11.9 Å². The quantitative estimate of drug-likeness (QED) is 0.302. The molecule has 0 spiro atoms. The number of hydrogen-bond donors (Lipinski definition) is 4. The molecule has 0 fully saturated rings. The van der Waals surface area contributed by atoms with Crippen LogP contribution >= 0.6 is 0 Å². The largest absolute Gasteiger partial charge is 0.369 e. The van der Waals surface area contributed by atoms with E-state index in [0.29, 0.717) is 5.75 Å². The number of rotatable bonds is 2. The highest BCUT2D eigenvalue weighted by molar-refractivity contribution is 5.92. The van der Waals surface area contributed by atoms with Gasteiger partial charge in [-0.2, -0.15) is 0 Å². The monoisotopic (exact) mass is 193 g/mol. The Morgan fingerprint density at radius 1 is 1.07 bits per heavy atom. The number of benzene rings is 1. The zero-order valence-electron chi connectivity index (χ0n) is 7.40. The number of nitrogens with two attached hydrogens (primary N) is 2. The maximum absolute atomic E-state index is 7.09. The van der Waals surface area contributed by atoms with Gasteiger partial charge in [-0.25, -0.2) is 0 Å². The number of hydroxylamine groups is 2. The summed E-state index contributed by atoms with van der Waals surface area (Å²) in [6.45, 7) is 0. The first kappa shape index (κ1) is 9.85. The van der Waals surface area contributed by atoms with Crippen molar-refractivity contribution < 1.29 is 4.84 Å². The van der Waals surface area contributed by atoms with Crippen LogP contribution in [0.2, 0.25) is 0 Å². The molecule has 1 aromatic rings. The molecule has 0 unspecified atom stereocenters. The predicted molar refractivity (Wildman–Crippen MR) is 52.7 cm³/mol. The lowest BCUT2D eigenvalue weighted by Crippen LogP contribution is -2.47. The Balaban J connectivity index is 2.75. The summed E-state index contributed by atoms with van der Waals surface area (Å²) in [5.41, 5.74) is 10.3. The maximum atomic E-state index is 7.09. The molecule has 6 heteroatoms. The van der Waals surface area contributed by atoms with E-state index in [9.17, 15) is 0 Å². The lowest BCUT2D eigenvalue weighted by Gasteiger charge is -2.19. The van der Waals surface area contributed by atoms with Crippen molar-refractivity contribution in [1.82, 2.24) is 5.06 Å². The van der Waals surface area contributed by atoms with Crippen molar-refractivity contribution in [2.45, 2.75) is 0 Å². The van der Waals surface area contributed by atoms with Crippen molar-refractivity contribution in [2.75, 3.05) is 0 Å². The maximum Gasteiger partial charge on any atom is 0.231 e.